The fourth-order valence-corrected chi connectivity index (χ4v) is 2.46. The first-order valence-corrected chi connectivity index (χ1v) is 7.37. The third-order valence-electron chi connectivity index (χ3n) is 3.66. The van der Waals surface area contributed by atoms with Crippen molar-refractivity contribution in [3.05, 3.63) is 46.1 Å². The van der Waals surface area contributed by atoms with E-state index in [1.165, 1.54) is 6.20 Å². The normalized spacial score (nSPS) is 13.0. The van der Waals surface area contributed by atoms with Crippen molar-refractivity contribution in [3.63, 3.8) is 0 Å². The minimum Gasteiger partial charge on any atom is -0.482 e. The zero-order valence-electron chi connectivity index (χ0n) is 12.8. The molecule has 126 valence electrons. The van der Waals surface area contributed by atoms with Crippen LogP contribution in [0.2, 0.25) is 0 Å². The molecule has 1 aliphatic heterocycles. The van der Waals surface area contributed by atoms with Gasteiger partial charge in [0, 0.05) is 6.54 Å². The van der Waals surface area contributed by atoms with Gasteiger partial charge in [-0.05, 0) is 17.7 Å². The highest BCUT2D eigenvalue weighted by molar-refractivity contribution is 5.95. The Morgan fingerprint density at radius 3 is 3.08 bits per heavy atom. The van der Waals surface area contributed by atoms with Gasteiger partial charge in [0.05, 0.1) is 11.9 Å². The molecule has 0 aliphatic carbocycles. The maximum absolute atomic E-state index is 12.2. The second-order valence-corrected chi connectivity index (χ2v) is 5.40. The van der Waals surface area contributed by atoms with Crippen LogP contribution in [0.15, 0.2) is 29.2 Å². The summed E-state index contributed by atoms with van der Waals surface area (Å²) in [6, 6.07) is 5.19. The largest absolute Gasteiger partial charge is 0.482 e. The van der Waals surface area contributed by atoms with Gasteiger partial charge in [-0.3, -0.25) is 19.5 Å². The Bertz CT molecular complexity index is 1050. The number of carbonyl (C=O) groups is 2. The standard InChI is InChI=1S/C15H12N6O4/c22-11-6-25-10-2-1-7(3-9(10)18-11)4-16-15(24)13-19-12-8(5-17-21-12)14(23)20-13/h1-3,5H,4,6H2,(H,16,24)(H,18,22)(H2,17,19,20,21,23). The lowest BCUT2D eigenvalue weighted by Crippen LogP contribution is -2.28. The molecular formula is C15H12N6O4. The van der Waals surface area contributed by atoms with E-state index in [0.29, 0.717) is 11.4 Å². The van der Waals surface area contributed by atoms with Gasteiger partial charge in [-0.1, -0.05) is 6.07 Å². The van der Waals surface area contributed by atoms with Crippen LogP contribution >= 0.6 is 0 Å². The molecule has 0 radical (unpaired) electrons. The van der Waals surface area contributed by atoms with Gasteiger partial charge in [0.25, 0.3) is 17.4 Å². The number of fused-ring (bicyclic) bond motifs is 2. The highest BCUT2D eigenvalue weighted by atomic mass is 16.5. The summed E-state index contributed by atoms with van der Waals surface area (Å²) >= 11 is 0. The summed E-state index contributed by atoms with van der Waals surface area (Å²) in [4.78, 5) is 41.8. The lowest BCUT2D eigenvalue weighted by Gasteiger charge is -2.18. The summed E-state index contributed by atoms with van der Waals surface area (Å²) in [6.45, 7) is 0.172. The van der Waals surface area contributed by atoms with Gasteiger partial charge >= 0.3 is 0 Å². The molecule has 0 spiro atoms. The Morgan fingerprint density at radius 2 is 2.20 bits per heavy atom. The average molecular weight is 340 g/mol. The minimum atomic E-state index is -0.536. The molecule has 4 rings (SSSR count). The molecule has 0 fully saturated rings. The summed E-state index contributed by atoms with van der Waals surface area (Å²) in [5, 5.41) is 11.9. The van der Waals surface area contributed by atoms with Crippen molar-refractivity contribution in [2.45, 2.75) is 6.54 Å². The van der Waals surface area contributed by atoms with Crippen LogP contribution in [0.4, 0.5) is 5.69 Å². The first-order chi connectivity index (χ1) is 12.1. The highest BCUT2D eigenvalue weighted by Gasteiger charge is 2.17. The van der Waals surface area contributed by atoms with Gasteiger partial charge in [-0.15, -0.1) is 0 Å². The summed E-state index contributed by atoms with van der Waals surface area (Å²) < 4.78 is 5.27. The van der Waals surface area contributed by atoms with Crippen molar-refractivity contribution in [1.29, 1.82) is 0 Å². The monoisotopic (exact) mass is 340 g/mol. The zero-order valence-corrected chi connectivity index (χ0v) is 12.8. The van der Waals surface area contributed by atoms with E-state index in [0.717, 1.165) is 5.56 Å². The molecule has 3 aromatic rings. The van der Waals surface area contributed by atoms with E-state index in [1.807, 2.05) is 0 Å². The molecule has 25 heavy (non-hydrogen) atoms. The lowest BCUT2D eigenvalue weighted by atomic mass is 10.1. The molecule has 2 aromatic heterocycles. The Kier molecular flexibility index (Phi) is 3.42. The Morgan fingerprint density at radius 1 is 1.32 bits per heavy atom. The second kappa shape index (κ2) is 5.74. The number of amides is 2. The van der Waals surface area contributed by atoms with Gasteiger partial charge in [-0.25, -0.2) is 4.98 Å². The molecule has 0 atom stereocenters. The zero-order chi connectivity index (χ0) is 17.4. The van der Waals surface area contributed by atoms with Crippen LogP contribution < -0.4 is 20.9 Å². The number of aromatic amines is 2. The van der Waals surface area contributed by atoms with Gasteiger partial charge in [0.2, 0.25) is 5.82 Å². The smallest absolute Gasteiger partial charge is 0.287 e. The fourth-order valence-electron chi connectivity index (χ4n) is 2.46. The molecule has 2 amide bonds. The van der Waals surface area contributed by atoms with Crippen molar-refractivity contribution in [2.24, 2.45) is 0 Å². The molecular weight excluding hydrogens is 328 g/mol. The number of carbonyl (C=O) groups excluding carboxylic acids is 2. The molecule has 10 nitrogen and oxygen atoms in total. The predicted molar refractivity (Wildman–Crippen MR) is 86.2 cm³/mol. The summed E-state index contributed by atoms with van der Waals surface area (Å²) in [6.07, 6.45) is 1.34. The van der Waals surface area contributed by atoms with E-state index in [1.54, 1.807) is 18.2 Å². The number of hydrogen-bond acceptors (Lipinski definition) is 6. The number of H-pyrrole nitrogens is 2. The van der Waals surface area contributed by atoms with E-state index in [-0.39, 0.29) is 35.9 Å². The molecule has 0 saturated carbocycles. The number of anilines is 1. The van der Waals surface area contributed by atoms with E-state index < -0.39 is 11.5 Å². The maximum Gasteiger partial charge on any atom is 0.287 e. The lowest BCUT2D eigenvalue weighted by molar-refractivity contribution is -0.118. The predicted octanol–water partition coefficient (Wildman–Crippen LogP) is -0.0929. The topological polar surface area (TPSA) is 142 Å². The Hall–Kier alpha value is -3.69. The molecule has 3 heterocycles. The average Bonchev–Trinajstić information content (AvgIpc) is 3.08. The molecule has 0 bridgehead atoms. The van der Waals surface area contributed by atoms with Crippen LogP contribution in [0.1, 0.15) is 16.2 Å². The molecule has 0 saturated heterocycles. The number of hydrogen-bond donors (Lipinski definition) is 4. The number of nitrogens with one attached hydrogen (secondary N) is 4. The summed E-state index contributed by atoms with van der Waals surface area (Å²) in [5.74, 6) is -0.309. The SMILES string of the molecule is O=C1COc2ccc(CNC(=O)c3nc4[nH]ncc4c(=O)[nH]3)cc2N1. The molecule has 0 unspecified atom stereocenters. The Labute approximate surface area is 139 Å². The number of nitrogens with zero attached hydrogens (tertiary/aromatic N) is 2. The minimum absolute atomic E-state index is 0.0157. The van der Waals surface area contributed by atoms with Crippen molar-refractivity contribution >= 4 is 28.5 Å². The quantitative estimate of drug-likeness (QED) is 0.525. The van der Waals surface area contributed by atoms with Crippen LogP contribution in [0, 0.1) is 0 Å². The number of rotatable bonds is 3. The summed E-state index contributed by atoms with van der Waals surface area (Å²) in [7, 11) is 0. The number of aromatic nitrogens is 4. The first-order valence-electron chi connectivity index (χ1n) is 7.37. The first kappa shape index (κ1) is 14.9. The Balaban J connectivity index is 1.50. The van der Waals surface area contributed by atoms with Crippen molar-refractivity contribution in [2.75, 3.05) is 11.9 Å². The molecule has 1 aliphatic rings. The van der Waals surface area contributed by atoms with Crippen molar-refractivity contribution in [1.82, 2.24) is 25.5 Å². The molecule has 10 heteroatoms. The van der Waals surface area contributed by atoms with Crippen LogP contribution in [0.3, 0.4) is 0 Å². The van der Waals surface area contributed by atoms with Gasteiger partial charge in [-0.2, -0.15) is 5.10 Å². The van der Waals surface area contributed by atoms with Crippen molar-refractivity contribution in [3.8, 4) is 5.75 Å². The van der Waals surface area contributed by atoms with Crippen LogP contribution in [0.25, 0.3) is 11.0 Å². The van der Waals surface area contributed by atoms with Crippen LogP contribution in [-0.4, -0.2) is 38.6 Å². The highest BCUT2D eigenvalue weighted by Crippen LogP contribution is 2.28. The fraction of sp³-hybridized carbons (Fsp3) is 0.133. The number of benzene rings is 1. The van der Waals surface area contributed by atoms with Crippen molar-refractivity contribution < 1.29 is 14.3 Å². The van der Waals surface area contributed by atoms with E-state index in [4.69, 9.17) is 4.74 Å². The molecule has 4 N–H and O–H groups in total. The molecule has 1 aromatic carbocycles. The van der Waals surface area contributed by atoms with Gasteiger partial charge in [0.15, 0.2) is 12.3 Å². The summed E-state index contributed by atoms with van der Waals surface area (Å²) in [5.41, 5.74) is 1.09. The van der Waals surface area contributed by atoms with Gasteiger partial charge in [0.1, 0.15) is 11.1 Å². The number of ether oxygens (including phenoxy) is 1. The van der Waals surface area contributed by atoms with Crippen LogP contribution in [-0.2, 0) is 11.3 Å². The van der Waals surface area contributed by atoms with E-state index >= 15 is 0 Å². The second-order valence-electron chi connectivity index (χ2n) is 5.40. The van der Waals surface area contributed by atoms with Gasteiger partial charge < -0.3 is 20.4 Å². The van der Waals surface area contributed by atoms with Crippen LogP contribution in [0.5, 0.6) is 5.75 Å². The maximum atomic E-state index is 12.2. The van der Waals surface area contributed by atoms with E-state index in [9.17, 15) is 14.4 Å². The third kappa shape index (κ3) is 2.80. The third-order valence-corrected chi connectivity index (χ3v) is 3.66. The van der Waals surface area contributed by atoms with E-state index in [2.05, 4.69) is 30.8 Å².